The summed E-state index contributed by atoms with van der Waals surface area (Å²) in [6.45, 7) is 1.28. The lowest BCUT2D eigenvalue weighted by atomic mass is 10.3. The van der Waals surface area contributed by atoms with Gasteiger partial charge in [-0.25, -0.2) is 4.39 Å². The first-order valence-electron chi connectivity index (χ1n) is 3.91. The summed E-state index contributed by atoms with van der Waals surface area (Å²) >= 11 is 3.21. The van der Waals surface area contributed by atoms with Gasteiger partial charge in [0.2, 0.25) is 0 Å². The van der Waals surface area contributed by atoms with Crippen molar-refractivity contribution >= 4 is 21.6 Å². The van der Waals surface area contributed by atoms with Crippen molar-refractivity contribution in [1.82, 2.24) is 0 Å². The number of halogens is 2. The average molecular weight is 248 g/mol. The normalized spacial score (nSPS) is 10.1. The summed E-state index contributed by atoms with van der Waals surface area (Å²) in [5.74, 6) is -0.255. The van der Waals surface area contributed by atoms with E-state index in [0.717, 1.165) is 10.2 Å². The van der Waals surface area contributed by atoms with Crippen LogP contribution in [-0.4, -0.2) is 20.3 Å². The molecule has 0 atom stereocenters. The summed E-state index contributed by atoms with van der Waals surface area (Å²) in [5.41, 5.74) is 0.754. The van der Waals surface area contributed by atoms with Gasteiger partial charge in [0.1, 0.15) is 5.82 Å². The lowest BCUT2D eigenvalue weighted by molar-refractivity contribution is 0.211. The first-order chi connectivity index (χ1) is 6.22. The van der Waals surface area contributed by atoms with Gasteiger partial charge in [-0.1, -0.05) is 15.9 Å². The van der Waals surface area contributed by atoms with Gasteiger partial charge in [-0.15, -0.1) is 0 Å². The number of rotatable bonds is 4. The molecule has 0 aliphatic rings. The molecule has 1 rings (SSSR count). The van der Waals surface area contributed by atoms with Crippen molar-refractivity contribution in [2.75, 3.05) is 25.6 Å². The van der Waals surface area contributed by atoms with E-state index in [1.807, 2.05) is 6.07 Å². The lowest BCUT2D eigenvalue weighted by Gasteiger charge is -2.05. The van der Waals surface area contributed by atoms with Crippen molar-refractivity contribution in [2.24, 2.45) is 0 Å². The molecular formula is C9H11BrFNO. The molecule has 0 bridgehead atoms. The van der Waals surface area contributed by atoms with Crippen molar-refractivity contribution < 1.29 is 9.13 Å². The van der Waals surface area contributed by atoms with E-state index in [0.29, 0.717) is 13.2 Å². The van der Waals surface area contributed by atoms with E-state index in [4.69, 9.17) is 4.74 Å². The Morgan fingerprint density at radius 2 is 2.23 bits per heavy atom. The molecule has 0 aromatic heterocycles. The minimum Gasteiger partial charge on any atom is -0.383 e. The second kappa shape index (κ2) is 5.19. The highest BCUT2D eigenvalue weighted by Gasteiger charge is 1.97. The largest absolute Gasteiger partial charge is 0.383 e. The Hall–Kier alpha value is -0.610. The van der Waals surface area contributed by atoms with E-state index in [-0.39, 0.29) is 5.82 Å². The molecule has 0 amide bonds. The van der Waals surface area contributed by atoms with Crippen LogP contribution in [0.5, 0.6) is 0 Å². The number of methoxy groups -OCH3 is 1. The molecule has 1 N–H and O–H groups in total. The van der Waals surface area contributed by atoms with E-state index < -0.39 is 0 Å². The van der Waals surface area contributed by atoms with Crippen molar-refractivity contribution in [1.29, 1.82) is 0 Å². The Morgan fingerprint density at radius 1 is 1.46 bits per heavy atom. The number of anilines is 1. The number of nitrogens with one attached hydrogen (secondary N) is 1. The maximum atomic E-state index is 12.8. The molecule has 72 valence electrons. The molecule has 0 heterocycles. The van der Waals surface area contributed by atoms with E-state index in [1.165, 1.54) is 12.1 Å². The molecule has 13 heavy (non-hydrogen) atoms. The molecule has 0 radical (unpaired) electrons. The van der Waals surface area contributed by atoms with Gasteiger partial charge in [-0.2, -0.15) is 0 Å². The van der Waals surface area contributed by atoms with Gasteiger partial charge in [-0.05, 0) is 18.2 Å². The zero-order valence-corrected chi connectivity index (χ0v) is 8.90. The highest BCUT2D eigenvalue weighted by Crippen LogP contribution is 2.18. The number of benzene rings is 1. The number of hydrogen-bond acceptors (Lipinski definition) is 2. The van der Waals surface area contributed by atoms with Crippen molar-refractivity contribution in [2.45, 2.75) is 0 Å². The number of hydrogen-bond donors (Lipinski definition) is 1. The third kappa shape index (κ3) is 3.74. The minimum absolute atomic E-state index is 0.255. The van der Waals surface area contributed by atoms with E-state index in [9.17, 15) is 4.39 Å². The highest BCUT2D eigenvalue weighted by molar-refractivity contribution is 9.10. The highest BCUT2D eigenvalue weighted by atomic mass is 79.9. The topological polar surface area (TPSA) is 21.3 Å². The maximum Gasteiger partial charge on any atom is 0.126 e. The van der Waals surface area contributed by atoms with Crippen molar-refractivity contribution in [3.05, 3.63) is 28.5 Å². The van der Waals surface area contributed by atoms with E-state index in [1.54, 1.807) is 7.11 Å². The van der Waals surface area contributed by atoms with Crippen LogP contribution in [-0.2, 0) is 4.74 Å². The summed E-state index contributed by atoms with van der Waals surface area (Å²) in [6, 6.07) is 4.68. The molecule has 0 saturated carbocycles. The van der Waals surface area contributed by atoms with Crippen LogP contribution in [0.3, 0.4) is 0 Å². The quantitative estimate of drug-likeness (QED) is 0.827. The van der Waals surface area contributed by atoms with Crippen LogP contribution in [0.2, 0.25) is 0 Å². The van der Waals surface area contributed by atoms with Gasteiger partial charge in [0.05, 0.1) is 6.61 Å². The van der Waals surface area contributed by atoms with Crippen LogP contribution >= 0.6 is 15.9 Å². The second-order valence-electron chi connectivity index (χ2n) is 2.58. The Balaban J connectivity index is 2.56. The standard InChI is InChI=1S/C9H11BrFNO/c1-13-3-2-12-9-5-7(10)4-8(11)6-9/h4-6,12H,2-3H2,1H3. The van der Waals surface area contributed by atoms with Gasteiger partial charge in [0.15, 0.2) is 0 Å². The number of ether oxygens (including phenoxy) is 1. The van der Waals surface area contributed by atoms with Gasteiger partial charge >= 0.3 is 0 Å². The smallest absolute Gasteiger partial charge is 0.126 e. The molecule has 0 aliphatic heterocycles. The predicted octanol–water partition coefficient (Wildman–Crippen LogP) is 2.65. The first kappa shape index (κ1) is 10.5. The predicted molar refractivity (Wildman–Crippen MR) is 54.5 cm³/mol. The Morgan fingerprint density at radius 3 is 2.85 bits per heavy atom. The fourth-order valence-corrected chi connectivity index (χ4v) is 1.42. The van der Waals surface area contributed by atoms with Crippen LogP contribution in [0.4, 0.5) is 10.1 Å². The fraction of sp³-hybridized carbons (Fsp3) is 0.333. The van der Waals surface area contributed by atoms with E-state index >= 15 is 0 Å². The zero-order chi connectivity index (χ0) is 9.68. The summed E-state index contributed by atoms with van der Waals surface area (Å²) in [4.78, 5) is 0. The molecule has 1 aromatic carbocycles. The molecule has 0 aliphatic carbocycles. The molecule has 0 saturated heterocycles. The molecule has 2 nitrogen and oxygen atoms in total. The SMILES string of the molecule is COCCNc1cc(F)cc(Br)c1. The van der Waals surface area contributed by atoms with Crippen molar-refractivity contribution in [3.63, 3.8) is 0 Å². The average Bonchev–Trinajstić information content (AvgIpc) is 2.03. The van der Waals surface area contributed by atoms with Gasteiger partial charge in [-0.3, -0.25) is 0 Å². The van der Waals surface area contributed by atoms with Gasteiger partial charge in [0, 0.05) is 23.8 Å². The Labute approximate surface area is 85.2 Å². The van der Waals surface area contributed by atoms with Crippen LogP contribution in [0, 0.1) is 5.82 Å². The monoisotopic (exact) mass is 247 g/mol. The summed E-state index contributed by atoms with van der Waals surface area (Å²) < 4.78 is 18.4. The summed E-state index contributed by atoms with van der Waals surface area (Å²) in [7, 11) is 1.63. The first-order valence-corrected chi connectivity index (χ1v) is 4.70. The van der Waals surface area contributed by atoms with Crippen LogP contribution in [0.25, 0.3) is 0 Å². The van der Waals surface area contributed by atoms with Crippen LogP contribution in [0.1, 0.15) is 0 Å². The van der Waals surface area contributed by atoms with Crippen molar-refractivity contribution in [3.8, 4) is 0 Å². The molecule has 1 aromatic rings. The molecule has 0 unspecified atom stereocenters. The molecule has 4 heteroatoms. The summed E-state index contributed by atoms with van der Waals surface area (Å²) in [5, 5.41) is 3.03. The fourth-order valence-electron chi connectivity index (χ4n) is 0.953. The van der Waals surface area contributed by atoms with Crippen LogP contribution in [0.15, 0.2) is 22.7 Å². The Bertz CT molecular complexity index is 260. The van der Waals surface area contributed by atoms with Crippen LogP contribution < -0.4 is 5.32 Å². The maximum absolute atomic E-state index is 12.8. The summed E-state index contributed by atoms with van der Waals surface area (Å²) in [6.07, 6.45) is 0. The third-order valence-corrected chi connectivity index (χ3v) is 1.96. The molecule has 0 fully saturated rings. The second-order valence-corrected chi connectivity index (χ2v) is 3.49. The lowest BCUT2D eigenvalue weighted by Crippen LogP contribution is -2.07. The zero-order valence-electron chi connectivity index (χ0n) is 7.31. The minimum atomic E-state index is -0.255. The van der Waals surface area contributed by atoms with Gasteiger partial charge < -0.3 is 10.1 Å². The Kier molecular flexibility index (Phi) is 4.18. The molecule has 0 spiro atoms. The van der Waals surface area contributed by atoms with E-state index in [2.05, 4.69) is 21.2 Å². The van der Waals surface area contributed by atoms with Gasteiger partial charge in [0.25, 0.3) is 0 Å². The molecular weight excluding hydrogens is 237 g/mol. The third-order valence-electron chi connectivity index (χ3n) is 1.50.